The summed E-state index contributed by atoms with van der Waals surface area (Å²) < 4.78 is 25.8. The minimum absolute atomic E-state index is 0.261. The van der Waals surface area contributed by atoms with Crippen molar-refractivity contribution in [1.82, 2.24) is 0 Å². The predicted octanol–water partition coefficient (Wildman–Crippen LogP) is 7.22. The van der Waals surface area contributed by atoms with Gasteiger partial charge in [-0.2, -0.15) is 0 Å². The Morgan fingerprint density at radius 3 is 1.63 bits per heavy atom. The Balaban J connectivity index is 1.86. The molecule has 0 heterocycles. The Hall–Kier alpha value is -3.76. The molecule has 4 rings (SSSR count). The molecule has 0 N–H and O–H groups in total. The van der Waals surface area contributed by atoms with Gasteiger partial charge in [-0.15, -0.1) is 0 Å². The average Bonchev–Trinajstić information content (AvgIpc) is 2.92. The molecule has 178 valence electrons. The highest BCUT2D eigenvalue weighted by Gasteiger charge is 2.40. The van der Waals surface area contributed by atoms with Gasteiger partial charge in [0.05, 0.1) is 13.2 Å². The fourth-order valence-corrected chi connectivity index (χ4v) is 4.44. The molecule has 0 bridgehead atoms. The smallest absolute Gasteiger partial charge is 0.305 e. The van der Waals surface area contributed by atoms with Gasteiger partial charge in [-0.25, -0.2) is 4.39 Å². The number of carbonyl (C=O) groups is 1. The van der Waals surface area contributed by atoms with E-state index in [2.05, 4.69) is 36.4 Å². The molecule has 3 nitrogen and oxygen atoms in total. The van der Waals surface area contributed by atoms with Crippen molar-refractivity contribution in [1.29, 1.82) is 0 Å². The number of hydrogen-bond donors (Lipinski definition) is 0. The first kappa shape index (κ1) is 24.4. The van der Waals surface area contributed by atoms with Crippen LogP contribution in [0.5, 0.6) is 0 Å². The van der Waals surface area contributed by atoms with Crippen molar-refractivity contribution in [3.05, 3.63) is 143 Å². The van der Waals surface area contributed by atoms with Gasteiger partial charge in [0.15, 0.2) is 0 Å². The number of methoxy groups -OCH3 is 1. The molecule has 0 radical (unpaired) electrons. The van der Waals surface area contributed by atoms with Gasteiger partial charge in [-0.05, 0) is 47.2 Å². The zero-order chi connectivity index (χ0) is 24.5. The normalized spacial score (nSPS) is 12.2. The summed E-state index contributed by atoms with van der Waals surface area (Å²) in [6, 6.07) is 36.8. The third-order valence-corrected chi connectivity index (χ3v) is 6.18. The SMILES string of the molecule is COC(=O)CCC[C@H](OC(c1ccccc1)(c1ccccc1)c1ccccc1)c1ccc(F)cc1. The molecule has 0 unspecified atom stereocenters. The largest absolute Gasteiger partial charge is 0.469 e. The lowest BCUT2D eigenvalue weighted by atomic mass is 9.79. The molecule has 0 aromatic heterocycles. The van der Waals surface area contributed by atoms with Crippen molar-refractivity contribution in [3.8, 4) is 0 Å². The second kappa shape index (κ2) is 11.6. The summed E-state index contributed by atoms with van der Waals surface area (Å²) in [5.41, 5.74) is 2.88. The second-order valence-electron chi connectivity index (χ2n) is 8.41. The standard InChI is InChI=1S/C31H29FO3/c1-34-30(33)19-11-18-29(24-20-22-28(32)23-21-24)35-31(25-12-5-2-6-13-25,26-14-7-3-8-15-26)27-16-9-4-10-17-27/h2-10,12-17,20-23,29H,11,18-19H2,1H3/t29-/m0/s1. The number of carbonyl (C=O) groups excluding carboxylic acids is 1. The summed E-state index contributed by atoms with van der Waals surface area (Å²) in [6.07, 6.45) is 1.02. The summed E-state index contributed by atoms with van der Waals surface area (Å²) in [5.74, 6) is -0.564. The van der Waals surface area contributed by atoms with Gasteiger partial charge in [0.2, 0.25) is 0 Å². The van der Waals surface area contributed by atoms with E-state index in [4.69, 9.17) is 9.47 Å². The first-order valence-electron chi connectivity index (χ1n) is 11.8. The number of hydrogen-bond acceptors (Lipinski definition) is 3. The topological polar surface area (TPSA) is 35.5 Å². The van der Waals surface area contributed by atoms with Gasteiger partial charge in [0.1, 0.15) is 11.4 Å². The molecule has 4 aromatic carbocycles. The Labute approximate surface area is 206 Å². The first-order chi connectivity index (χ1) is 17.1. The summed E-state index contributed by atoms with van der Waals surface area (Å²) in [5, 5.41) is 0. The Bertz CT molecular complexity index is 1100. The Morgan fingerprint density at radius 2 is 1.20 bits per heavy atom. The fourth-order valence-electron chi connectivity index (χ4n) is 4.44. The Kier molecular flexibility index (Phi) is 8.07. The molecule has 0 spiro atoms. The van der Waals surface area contributed by atoms with E-state index in [0.29, 0.717) is 12.8 Å². The minimum atomic E-state index is -0.923. The molecule has 4 heteroatoms. The summed E-state index contributed by atoms with van der Waals surface area (Å²) >= 11 is 0. The van der Waals surface area contributed by atoms with Crippen LogP contribution < -0.4 is 0 Å². The highest BCUT2D eigenvalue weighted by Crippen LogP contribution is 2.45. The summed E-state index contributed by atoms with van der Waals surface area (Å²) in [4.78, 5) is 11.8. The van der Waals surface area contributed by atoms with E-state index in [-0.39, 0.29) is 18.2 Å². The predicted molar refractivity (Wildman–Crippen MR) is 135 cm³/mol. The van der Waals surface area contributed by atoms with Crippen molar-refractivity contribution in [2.45, 2.75) is 31.0 Å². The monoisotopic (exact) mass is 468 g/mol. The zero-order valence-electron chi connectivity index (χ0n) is 19.8. The van der Waals surface area contributed by atoms with Crippen molar-refractivity contribution >= 4 is 5.97 Å². The molecular formula is C31H29FO3. The maximum Gasteiger partial charge on any atom is 0.305 e. The van der Waals surface area contributed by atoms with Crippen LogP contribution in [0.2, 0.25) is 0 Å². The fraction of sp³-hybridized carbons (Fsp3) is 0.194. The van der Waals surface area contributed by atoms with E-state index in [9.17, 15) is 9.18 Å². The lowest BCUT2D eigenvalue weighted by Crippen LogP contribution is -2.34. The van der Waals surface area contributed by atoms with E-state index in [1.807, 2.05) is 54.6 Å². The molecule has 0 aliphatic heterocycles. The molecule has 0 amide bonds. The molecule has 4 aromatic rings. The van der Waals surface area contributed by atoms with Gasteiger partial charge in [0.25, 0.3) is 0 Å². The van der Waals surface area contributed by atoms with Crippen LogP contribution in [0.15, 0.2) is 115 Å². The van der Waals surface area contributed by atoms with Crippen molar-refractivity contribution in [3.63, 3.8) is 0 Å². The van der Waals surface area contributed by atoms with Crippen LogP contribution in [-0.4, -0.2) is 13.1 Å². The van der Waals surface area contributed by atoms with Crippen molar-refractivity contribution < 1.29 is 18.7 Å². The number of rotatable bonds is 10. The van der Waals surface area contributed by atoms with Crippen LogP contribution in [0.4, 0.5) is 4.39 Å². The first-order valence-corrected chi connectivity index (χ1v) is 11.8. The van der Waals surface area contributed by atoms with Gasteiger partial charge in [-0.1, -0.05) is 103 Å². The summed E-state index contributed by atoms with van der Waals surface area (Å²) in [6.45, 7) is 0. The zero-order valence-corrected chi connectivity index (χ0v) is 19.8. The average molecular weight is 469 g/mol. The van der Waals surface area contributed by atoms with Crippen molar-refractivity contribution in [2.75, 3.05) is 7.11 Å². The third kappa shape index (κ3) is 5.67. The molecule has 1 atom stereocenters. The maximum absolute atomic E-state index is 13.8. The molecule has 35 heavy (non-hydrogen) atoms. The molecule has 0 saturated carbocycles. The van der Waals surface area contributed by atoms with E-state index < -0.39 is 11.7 Å². The summed E-state index contributed by atoms with van der Waals surface area (Å²) in [7, 11) is 1.39. The quantitative estimate of drug-likeness (QED) is 0.182. The van der Waals surface area contributed by atoms with Crippen LogP contribution in [0.1, 0.15) is 47.6 Å². The van der Waals surface area contributed by atoms with Gasteiger partial charge >= 0.3 is 5.97 Å². The molecular weight excluding hydrogens is 439 g/mol. The lowest BCUT2D eigenvalue weighted by molar-refractivity contribution is -0.141. The second-order valence-corrected chi connectivity index (χ2v) is 8.41. The number of esters is 1. The van der Waals surface area contributed by atoms with Gasteiger partial charge in [-0.3, -0.25) is 4.79 Å². The van der Waals surface area contributed by atoms with Crippen LogP contribution in [0, 0.1) is 5.82 Å². The van der Waals surface area contributed by atoms with E-state index in [0.717, 1.165) is 22.3 Å². The highest BCUT2D eigenvalue weighted by atomic mass is 19.1. The van der Waals surface area contributed by atoms with Crippen LogP contribution >= 0.6 is 0 Å². The minimum Gasteiger partial charge on any atom is -0.469 e. The molecule has 0 aliphatic carbocycles. The highest BCUT2D eigenvalue weighted by molar-refractivity contribution is 5.69. The molecule has 0 aliphatic rings. The third-order valence-electron chi connectivity index (χ3n) is 6.18. The van der Waals surface area contributed by atoms with E-state index in [1.54, 1.807) is 12.1 Å². The van der Waals surface area contributed by atoms with E-state index in [1.165, 1.54) is 19.2 Å². The number of ether oxygens (including phenoxy) is 2. The van der Waals surface area contributed by atoms with Gasteiger partial charge < -0.3 is 9.47 Å². The number of halogens is 1. The van der Waals surface area contributed by atoms with Crippen LogP contribution in [-0.2, 0) is 19.9 Å². The molecule has 0 fully saturated rings. The number of benzene rings is 4. The van der Waals surface area contributed by atoms with Crippen molar-refractivity contribution in [2.24, 2.45) is 0 Å². The van der Waals surface area contributed by atoms with Crippen LogP contribution in [0.3, 0.4) is 0 Å². The molecule has 0 saturated heterocycles. The maximum atomic E-state index is 13.8. The van der Waals surface area contributed by atoms with Crippen LogP contribution in [0.25, 0.3) is 0 Å². The Morgan fingerprint density at radius 1 is 0.743 bits per heavy atom. The van der Waals surface area contributed by atoms with E-state index >= 15 is 0 Å². The van der Waals surface area contributed by atoms with Gasteiger partial charge in [0, 0.05) is 6.42 Å². The lowest BCUT2D eigenvalue weighted by Gasteiger charge is -2.39.